The van der Waals surface area contributed by atoms with E-state index < -0.39 is 0 Å². The molecule has 8 heteroatoms. The molecule has 4 heterocycles. The Labute approximate surface area is 188 Å². The lowest BCUT2D eigenvalue weighted by Gasteiger charge is -2.32. The van der Waals surface area contributed by atoms with E-state index in [-0.39, 0.29) is 5.91 Å². The first kappa shape index (κ1) is 20.1. The number of carbonyl (C=O) groups is 1. The first-order valence-electron chi connectivity index (χ1n) is 10.3. The number of amides is 1. The third kappa shape index (κ3) is 4.32. The van der Waals surface area contributed by atoms with Crippen LogP contribution in [0.4, 0.5) is 5.82 Å². The molecule has 0 atom stereocenters. The smallest absolute Gasteiger partial charge is 0.231 e. The topological polar surface area (TPSA) is 84.1 Å². The number of nitrogens with one attached hydrogen (secondary N) is 1. The molecule has 3 N–H and O–H groups in total. The van der Waals surface area contributed by atoms with Crippen LogP contribution in [0.3, 0.4) is 0 Å². The SMILES string of the molecule is NC(=O)CN1CCC(Nc2nc(-c3ccsc3)nc3scc(-c4ccccc4)c23)CC1. The summed E-state index contributed by atoms with van der Waals surface area (Å²) in [5.41, 5.74) is 8.72. The number of benzene rings is 1. The average molecular weight is 450 g/mol. The van der Waals surface area contributed by atoms with Crippen molar-refractivity contribution in [2.45, 2.75) is 18.9 Å². The lowest BCUT2D eigenvalue weighted by molar-refractivity contribution is -0.119. The second kappa shape index (κ2) is 8.74. The van der Waals surface area contributed by atoms with Gasteiger partial charge in [0.05, 0.1) is 11.9 Å². The summed E-state index contributed by atoms with van der Waals surface area (Å²) in [4.78, 5) is 24.2. The minimum Gasteiger partial charge on any atom is -0.369 e. The lowest BCUT2D eigenvalue weighted by atomic mass is 10.0. The maximum Gasteiger partial charge on any atom is 0.231 e. The number of hydrogen-bond donors (Lipinski definition) is 2. The molecule has 0 radical (unpaired) electrons. The van der Waals surface area contributed by atoms with E-state index >= 15 is 0 Å². The minimum absolute atomic E-state index is 0.268. The highest BCUT2D eigenvalue weighted by Crippen LogP contribution is 2.39. The van der Waals surface area contributed by atoms with E-state index in [1.165, 1.54) is 5.56 Å². The van der Waals surface area contributed by atoms with Gasteiger partial charge in [0.1, 0.15) is 10.6 Å². The van der Waals surface area contributed by atoms with Crippen molar-refractivity contribution in [3.05, 3.63) is 52.5 Å². The number of anilines is 1. The molecule has 6 nitrogen and oxygen atoms in total. The molecule has 1 aromatic carbocycles. The van der Waals surface area contributed by atoms with Crippen LogP contribution in [-0.2, 0) is 4.79 Å². The van der Waals surface area contributed by atoms with Crippen LogP contribution in [0.5, 0.6) is 0 Å². The van der Waals surface area contributed by atoms with E-state index in [4.69, 9.17) is 15.7 Å². The summed E-state index contributed by atoms with van der Waals surface area (Å²) in [5, 5.41) is 11.1. The van der Waals surface area contributed by atoms with Crippen molar-refractivity contribution >= 4 is 44.6 Å². The van der Waals surface area contributed by atoms with Gasteiger partial charge < -0.3 is 11.1 Å². The third-order valence-electron chi connectivity index (χ3n) is 5.61. The van der Waals surface area contributed by atoms with Gasteiger partial charge in [-0.15, -0.1) is 11.3 Å². The summed E-state index contributed by atoms with van der Waals surface area (Å²) in [6.07, 6.45) is 1.88. The monoisotopic (exact) mass is 449 g/mol. The molecule has 1 aliphatic rings. The van der Waals surface area contributed by atoms with Gasteiger partial charge >= 0.3 is 0 Å². The van der Waals surface area contributed by atoms with Gasteiger partial charge in [0.2, 0.25) is 5.91 Å². The van der Waals surface area contributed by atoms with Crippen molar-refractivity contribution in [2.75, 3.05) is 25.0 Å². The van der Waals surface area contributed by atoms with Gasteiger partial charge in [0.15, 0.2) is 5.82 Å². The molecule has 0 bridgehead atoms. The first-order chi connectivity index (χ1) is 15.2. The highest BCUT2D eigenvalue weighted by Gasteiger charge is 2.23. The van der Waals surface area contributed by atoms with Crippen LogP contribution in [0.15, 0.2) is 52.5 Å². The standard InChI is InChI=1S/C23H23N5OS2/c24-19(29)12-28-9-6-17(7-10-28)25-22-20-18(15-4-2-1-3-5-15)14-31-23(20)27-21(26-22)16-8-11-30-13-16/h1-5,8,11,13-14,17H,6-7,9-10,12H2,(H2,24,29)(H,25,26,27). The summed E-state index contributed by atoms with van der Waals surface area (Å²) in [5.74, 6) is 1.37. The lowest BCUT2D eigenvalue weighted by Crippen LogP contribution is -2.43. The van der Waals surface area contributed by atoms with Crippen molar-refractivity contribution < 1.29 is 4.79 Å². The number of nitrogens with two attached hydrogens (primary N) is 1. The maximum absolute atomic E-state index is 11.2. The molecule has 3 aromatic heterocycles. The molecule has 1 amide bonds. The quantitative estimate of drug-likeness (QED) is 0.454. The number of piperidine rings is 1. The fraction of sp³-hybridized carbons (Fsp3) is 0.261. The number of hydrogen-bond acceptors (Lipinski definition) is 7. The van der Waals surface area contributed by atoms with E-state index in [9.17, 15) is 4.79 Å². The molecule has 4 aromatic rings. The van der Waals surface area contributed by atoms with Crippen LogP contribution >= 0.6 is 22.7 Å². The van der Waals surface area contributed by atoms with Crippen LogP contribution in [0.1, 0.15) is 12.8 Å². The molecule has 158 valence electrons. The van der Waals surface area contributed by atoms with Gasteiger partial charge in [-0.1, -0.05) is 30.3 Å². The van der Waals surface area contributed by atoms with Crippen molar-refractivity contribution in [1.82, 2.24) is 14.9 Å². The van der Waals surface area contributed by atoms with Crippen LogP contribution in [0.2, 0.25) is 0 Å². The molecule has 1 fully saturated rings. The Balaban J connectivity index is 1.50. The number of carbonyl (C=O) groups excluding carboxylic acids is 1. The van der Waals surface area contributed by atoms with Crippen molar-refractivity contribution in [3.8, 4) is 22.5 Å². The molecule has 1 aliphatic heterocycles. The minimum atomic E-state index is -0.268. The Morgan fingerprint density at radius 3 is 2.61 bits per heavy atom. The molecule has 31 heavy (non-hydrogen) atoms. The zero-order chi connectivity index (χ0) is 21.2. The number of likely N-dealkylation sites (tertiary alicyclic amines) is 1. The number of thiophene rings is 2. The molecule has 0 aliphatic carbocycles. The molecule has 0 saturated carbocycles. The average Bonchev–Trinajstić information content (AvgIpc) is 3.46. The molecule has 0 unspecified atom stereocenters. The molecule has 1 saturated heterocycles. The largest absolute Gasteiger partial charge is 0.369 e. The second-order valence-electron chi connectivity index (χ2n) is 7.76. The summed E-state index contributed by atoms with van der Waals surface area (Å²) in [6, 6.07) is 12.7. The van der Waals surface area contributed by atoms with Crippen molar-refractivity contribution in [2.24, 2.45) is 5.73 Å². The first-order valence-corrected chi connectivity index (χ1v) is 12.1. The van der Waals surface area contributed by atoms with E-state index in [0.29, 0.717) is 12.6 Å². The summed E-state index contributed by atoms with van der Waals surface area (Å²) < 4.78 is 0. The fourth-order valence-corrected chi connectivity index (χ4v) is 5.63. The van der Waals surface area contributed by atoms with Gasteiger partial charge in [0, 0.05) is 41.0 Å². The highest BCUT2D eigenvalue weighted by atomic mass is 32.1. The van der Waals surface area contributed by atoms with Gasteiger partial charge in [-0.25, -0.2) is 9.97 Å². The summed E-state index contributed by atoms with van der Waals surface area (Å²) in [7, 11) is 0. The Morgan fingerprint density at radius 2 is 1.90 bits per heavy atom. The normalized spacial score (nSPS) is 15.4. The number of primary amides is 1. The number of rotatable bonds is 6. The highest BCUT2D eigenvalue weighted by molar-refractivity contribution is 7.17. The second-order valence-corrected chi connectivity index (χ2v) is 9.40. The Morgan fingerprint density at radius 1 is 1.10 bits per heavy atom. The Hall–Kier alpha value is -2.81. The van der Waals surface area contributed by atoms with Crippen LogP contribution < -0.4 is 11.1 Å². The predicted molar refractivity (Wildman–Crippen MR) is 128 cm³/mol. The van der Waals surface area contributed by atoms with E-state index in [2.05, 4.69) is 51.3 Å². The number of fused-ring (bicyclic) bond motifs is 1. The van der Waals surface area contributed by atoms with Crippen LogP contribution in [0.25, 0.3) is 32.7 Å². The fourth-order valence-electron chi connectivity index (χ4n) is 4.05. The van der Waals surface area contributed by atoms with E-state index in [1.807, 2.05) is 11.4 Å². The molecule has 0 spiro atoms. The maximum atomic E-state index is 11.2. The zero-order valence-corrected chi connectivity index (χ0v) is 18.6. The number of nitrogens with zero attached hydrogens (tertiary/aromatic N) is 3. The van der Waals surface area contributed by atoms with Gasteiger partial charge in [-0.2, -0.15) is 11.3 Å². The van der Waals surface area contributed by atoms with Gasteiger partial charge in [-0.05, 0) is 29.9 Å². The Kier molecular flexibility index (Phi) is 5.67. The van der Waals surface area contributed by atoms with E-state index in [0.717, 1.165) is 58.9 Å². The summed E-state index contributed by atoms with van der Waals surface area (Å²) >= 11 is 3.30. The summed E-state index contributed by atoms with van der Waals surface area (Å²) in [6.45, 7) is 2.03. The van der Waals surface area contributed by atoms with Crippen molar-refractivity contribution in [1.29, 1.82) is 0 Å². The van der Waals surface area contributed by atoms with Crippen molar-refractivity contribution in [3.63, 3.8) is 0 Å². The molecule has 5 rings (SSSR count). The van der Waals surface area contributed by atoms with Gasteiger partial charge in [0.25, 0.3) is 0 Å². The third-order valence-corrected chi connectivity index (χ3v) is 7.16. The number of aromatic nitrogens is 2. The molecular formula is C23H23N5OS2. The Bertz CT molecular complexity index is 1180. The van der Waals surface area contributed by atoms with Gasteiger partial charge in [-0.3, -0.25) is 9.69 Å². The van der Waals surface area contributed by atoms with Crippen LogP contribution in [0, 0.1) is 0 Å². The zero-order valence-electron chi connectivity index (χ0n) is 17.0. The van der Waals surface area contributed by atoms with E-state index in [1.54, 1.807) is 22.7 Å². The van der Waals surface area contributed by atoms with Crippen LogP contribution in [-0.4, -0.2) is 46.5 Å². The predicted octanol–water partition coefficient (Wildman–Crippen LogP) is 4.45. The molecular weight excluding hydrogens is 426 g/mol.